The standard InChI is InChI=1S/C14H22N2O/c1-10-5-4-6-11(2)14(10)15-12-7-8-13(17)16(3)9-12/h7-11,14-15H,4-6H2,1-3H3. The van der Waals surface area contributed by atoms with E-state index < -0.39 is 0 Å². The van der Waals surface area contributed by atoms with Crippen molar-refractivity contribution in [3.63, 3.8) is 0 Å². The van der Waals surface area contributed by atoms with Crippen molar-refractivity contribution in [3.05, 3.63) is 28.7 Å². The van der Waals surface area contributed by atoms with Gasteiger partial charge in [-0.2, -0.15) is 0 Å². The molecular formula is C14H22N2O. The van der Waals surface area contributed by atoms with Crippen molar-refractivity contribution in [1.29, 1.82) is 0 Å². The molecule has 2 rings (SSSR count). The van der Waals surface area contributed by atoms with Crippen molar-refractivity contribution >= 4 is 5.69 Å². The topological polar surface area (TPSA) is 34.0 Å². The summed E-state index contributed by atoms with van der Waals surface area (Å²) in [6.07, 6.45) is 5.83. The van der Waals surface area contributed by atoms with Gasteiger partial charge in [-0.25, -0.2) is 0 Å². The Balaban J connectivity index is 2.13. The van der Waals surface area contributed by atoms with E-state index in [1.807, 2.05) is 12.3 Å². The fourth-order valence-electron chi connectivity index (χ4n) is 2.84. The van der Waals surface area contributed by atoms with Crippen molar-refractivity contribution in [2.45, 2.75) is 39.2 Å². The number of hydrogen-bond acceptors (Lipinski definition) is 2. The molecule has 0 aliphatic heterocycles. The summed E-state index contributed by atoms with van der Waals surface area (Å²) in [7, 11) is 1.79. The zero-order chi connectivity index (χ0) is 12.4. The van der Waals surface area contributed by atoms with E-state index in [2.05, 4.69) is 19.2 Å². The van der Waals surface area contributed by atoms with Crippen molar-refractivity contribution in [2.24, 2.45) is 18.9 Å². The Bertz CT molecular complexity index is 428. The van der Waals surface area contributed by atoms with Gasteiger partial charge in [-0.05, 0) is 30.7 Å². The molecule has 17 heavy (non-hydrogen) atoms. The van der Waals surface area contributed by atoms with Gasteiger partial charge in [-0.1, -0.05) is 20.3 Å². The molecule has 3 heteroatoms. The van der Waals surface area contributed by atoms with Gasteiger partial charge >= 0.3 is 0 Å². The molecule has 1 N–H and O–H groups in total. The maximum atomic E-state index is 11.3. The maximum Gasteiger partial charge on any atom is 0.250 e. The van der Waals surface area contributed by atoms with Gasteiger partial charge in [-0.15, -0.1) is 0 Å². The summed E-state index contributed by atoms with van der Waals surface area (Å²) in [5, 5.41) is 3.59. The maximum absolute atomic E-state index is 11.3. The van der Waals surface area contributed by atoms with E-state index in [1.165, 1.54) is 19.3 Å². The number of nitrogens with one attached hydrogen (secondary N) is 1. The highest BCUT2D eigenvalue weighted by Crippen LogP contribution is 2.30. The average Bonchev–Trinajstić information content (AvgIpc) is 2.28. The number of aryl methyl sites for hydroxylation is 1. The minimum Gasteiger partial charge on any atom is -0.381 e. The number of anilines is 1. The molecule has 94 valence electrons. The molecule has 0 saturated heterocycles. The lowest BCUT2D eigenvalue weighted by Gasteiger charge is -2.35. The lowest BCUT2D eigenvalue weighted by atomic mass is 9.78. The zero-order valence-corrected chi connectivity index (χ0v) is 10.9. The van der Waals surface area contributed by atoms with Gasteiger partial charge in [-0.3, -0.25) is 4.79 Å². The molecular weight excluding hydrogens is 212 g/mol. The fraction of sp³-hybridized carbons (Fsp3) is 0.643. The molecule has 1 aliphatic carbocycles. The van der Waals surface area contributed by atoms with Gasteiger partial charge in [0.2, 0.25) is 5.56 Å². The highest BCUT2D eigenvalue weighted by atomic mass is 16.1. The minimum atomic E-state index is 0.0419. The summed E-state index contributed by atoms with van der Waals surface area (Å²) in [6, 6.07) is 4.04. The van der Waals surface area contributed by atoms with Crippen LogP contribution in [0.4, 0.5) is 5.69 Å². The lowest BCUT2D eigenvalue weighted by Crippen LogP contribution is -2.37. The Kier molecular flexibility index (Phi) is 3.55. The van der Waals surface area contributed by atoms with E-state index in [1.54, 1.807) is 17.7 Å². The summed E-state index contributed by atoms with van der Waals surface area (Å²) in [5.74, 6) is 1.41. The summed E-state index contributed by atoms with van der Waals surface area (Å²) in [4.78, 5) is 11.3. The van der Waals surface area contributed by atoms with E-state index in [9.17, 15) is 4.79 Å². The van der Waals surface area contributed by atoms with E-state index >= 15 is 0 Å². The van der Waals surface area contributed by atoms with Crippen LogP contribution in [0.15, 0.2) is 23.1 Å². The first-order valence-electron chi connectivity index (χ1n) is 6.51. The van der Waals surface area contributed by atoms with Crippen molar-refractivity contribution in [1.82, 2.24) is 4.57 Å². The van der Waals surface area contributed by atoms with Crippen molar-refractivity contribution in [2.75, 3.05) is 5.32 Å². The monoisotopic (exact) mass is 234 g/mol. The number of rotatable bonds is 2. The van der Waals surface area contributed by atoms with Crippen LogP contribution >= 0.6 is 0 Å². The molecule has 1 aromatic rings. The van der Waals surface area contributed by atoms with Crippen LogP contribution < -0.4 is 10.9 Å². The van der Waals surface area contributed by atoms with Crippen LogP contribution in [0, 0.1) is 11.8 Å². The van der Waals surface area contributed by atoms with Crippen molar-refractivity contribution in [3.8, 4) is 0 Å². The van der Waals surface area contributed by atoms with Crippen LogP contribution in [-0.2, 0) is 7.05 Å². The van der Waals surface area contributed by atoms with Gasteiger partial charge in [0.15, 0.2) is 0 Å². The summed E-state index contributed by atoms with van der Waals surface area (Å²) in [6.45, 7) is 4.63. The molecule has 1 aliphatic rings. The largest absolute Gasteiger partial charge is 0.381 e. The van der Waals surface area contributed by atoms with Crippen LogP contribution in [0.2, 0.25) is 0 Å². The second kappa shape index (κ2) is 4.94. The average molecular weight is 234 g/mol. The predicted octanol–water partition coefficient (Wildman–Crippen LogP) is 2.62. The Morgan fingerprint density at radius 3 is 2.47 bits per heavy atom. The van der Waals surface area contributed by atoms with Crippen LogP contribution in [0.5, 0.6) is 0 Å². The first kappa shape index (κ1) is 12.2. The second-order valence-corrected chi connectivity index (χ2v) is 5.42. The molecule has 1 fully saturated rings. The third kappa shape index (κ3) is 2.71. The Morgan fingerprint density at radius 1 is 1.24 bits per heavy atom. The van der Waals surface area contributed by atoms with Gasteiger partial charge in [0, 0.05) is 25.4 Å². The first-order valence-corrected chi connectivity index (χ1v) is 6.51. The summed E-state index contributed by atoms with van der Waals surface area (Å²) < 4.78 is 1.63. The van der Waals surface area contributed by atoms with Crippen molar-refractivity contribution < 1.29 is 0 Å². The number of aromatic nitrogens is 1. The molecule has 1 heterocycles. The van der Waals surface area contributed by atoms with Gasteiger partial charge in [0.25, 0.3) is 0 Å². The molecule has 2 atom stereocenters. The molecule has 0 aromatic carbocycles. The lowest BCUT2D eigenvalue weighted by molar-refractivity contribution is 0.268. The van der Waals surface area contributed by atoms with E-state index in [0.717, 1.165) is 5.69 Å². The highest BCUT2D eigenvalue weighted by molar-refractivity contribution is 5.41. The molecule has 0 amide bonds. The molecule has 3 nitrogen and oxygen atoms in total. The predicted molar refractivity (Wildman–Crippen MR) is 71.3 cm³/mol. The first-order chi connectivity index (χ1) is 8.08. The van der Waals surface area contributed by atoms with Gasteiger partial charge in [0.05, 0.1) is 5.69 Å². The van der Waals surface area contributed by atoms with Crippen LogP contribution in [0.1, 0.15) is 33.1 Å². The third-order valence-corrected chi connectivity index (χ3v) is 3.96. The van der Waals surface area contributed by atoms with Gasteiger partial charge < -0.3 is 9.88 Å². The van der Waals surface area contributed by atoms with Gasteiger partial charge in [0.1, 0.15) is 0 Å². The SMILES string of the molecule is CC1CCCC(C)C1Nc1ccc(=O)n(C)c1. The van der Waals surface area contributed by atoms with Crippen LogP contribution in [0.3, 0.4) is 0 Å². The van der Waals surface area contributed by atoms with E-state index in [-0.39, 0.29) is 5.56 Å². The fourth-order valence-corrected chi connectivity index (χ4v) is 2.84. The molecule has 1 aromatic heterocycles. The smallest absolute Gasteiger partial charge is 0.250 e. The summed E-state index contributed by atoms with van der Waals surface area (Å²) in [5.41, 5.74) is 1.10. The normalized spacial score (nSPS) is 29.0. The molecule has 1 saturated carbocycles. The molecule has 0 bridgehead atoms. The molecule has 0 radical (unpaired) electrons. The number of pyridine rings is 1. The Morgan fingerprint density at radius 2 is 1.88 bits per heavy atom. The third-order valence-electron chi connectivity index (χ3n) is 3.96. The van der Waals surface area contributed by atoms with Crippen LogP contribution in [-0.4, -0.2) is 10.6 Å². The minimum absolute atomic E-state index is 0.0419. The van der Waals surface area contributed by atoms with E-state index in [4.69, 9.17) is 0 Å². The molecule has 0 spiro atoms. The quantitative estimate of drug-likeness (QED) is 0.853. The summed E-state index contributed by atoms with van der Waals surface area (Å²) >= 11 is 0. The Hall–Kier alpha value is -1.25. The Labute approximate surface area is 103 Å². The van der Waals surface area contributed by atoms with E-state index in [0.29, 0.717) is 17.9 Å². The highest BCUT2D eigenvalue weighted by Gasteiger charge is 2.27. The van der Waals surface area contributed by atoms with Crippen LogP contribution in [0.25, 0.3) is 0 Å². The second-order valence-electron chi connectivity index (χ2n) is 5.42. The zero-order valence-electron chi connectivity index (χ0n) is 10.9. The molecule has 2 unspecified atom stereocenters. The number of nitrogens with zero attached hydrogens (tertiary/aromatic N) is 1. The number of hydrogen-bond donors (Lipinski definition) is 1.